The van der Waals surface area contributed by atoms with E-state index in [-0.39, 0.29) is 0 Å². The zero-order chi connectivity index (χ0) is 13.3. The van der Waals surface area contributed by atoms with Crippen LogP contribution in [0.1, 0.15) is 29.9 Å². The van der Waals surface area contributed by atoms with E-state index in [1.807, 2.05) is 21.0 Å². The normalized spacial score (nSPS) is 12.9. The van der Waals surface area contributed by atoms with E-state index in [4.69, 9.17) is 11.6 Å². The van der Waals surface area contributed by atoms with Crippen LogP contribution in [-0.4, -0.2) is 21.4 Å². The van der Waals surface area contributed by atoms with Crippen molar-refractivity contribution in [3.05, 3.63) is 40.4 Å². The Kier molecular flexibility index (Phi) is 3.78. The number of hydrogen-bond acceptors (Lipinski definition) is 2. The highest BCUT2D eigenvalue weighted by Gasteiger charge is 2.14. The Balaban J connectivity index is 2.32. The summed E-state index contributed by atoms with van der Waals surface area (Å²) in [7, 11) is 3.83. The molecule has 0 saturated carbocycles. The molecule has 0 radical (unpaired) electrons. The molecule has 98 valence electrons. The highest BCUT2D eigenvalue weighted by molar-refractivity contribution is 6.30. The highest BCUT2D eigenvalue weighted by Crippen LogP contribution is 2.22. The predicted octanol–water partition coefficient (Wildman–Crippen LogP) is 2.51. The fourth-order valence-corrected chi connectivity index (χ4v) is 2.37. The van der Waals surface area contributed by atoms with E-state index in [1.54, 1.807) is 4.68 Å². The van der Waals surface area contributed by atoms with Crippen LogP contribution in [0.15, 0.2) is 18.3 Å². The fraction of sp³-hybridized carbons (Fsp3) is 0.462. The Morgan fingerprint density at radius 1 is 1.50 bits per heavy atom. The molecule has 0 aliphatic carbocycles. The van der Waals surface area contributed by atoms with Crippen LogP contribution in [0.3, 0.4) is 0 Å². The molecule has 0 saturated heterocycles. The zero-order valence-corrected chi connectivity index (χ0v) is 12.0. The van der Waals surface area contributed by atoms with Gasteiger partial charge in [0.1, 0.15) is 5.15 Å². The van der Waals surface area contributed by atoms with Crippen molar-refractivity contribution >= 4 is 11.6 Å². The van der Waals surface area contributed by atoms with E-state index < -0.39 is 0 Å². The smallest absolute Gasteiger partial charge is 0.131 e. The van der Waals surface area contributed by atoms with Crippen molar-refractivity contribution in [1.29, 1.82) is 0 Å². The van der Waals surface area contributed by atoms with E-state index in [0.29, 0.717) is 11.2 Å². The Morgan fingerprint density at radius 3 is 2.78 bits per heavy atom. The van der Waals surface area contributed by atoms with Crippen molar-refractivity contribution in [2.24, 2.45) is 7.05 Å². The van der Waals surface area contributed by atoms with Crippen molar-refractivity contribution in [1.82, 2.24) is 19.7 Å². The topological polar surface area (TPSA) is 34.8 Å². The van der Waals surface area contributed by atoms with Gasteiger partial charge in [0.05, 0.1) is 12.2 Å². The van der Waals surface area contributed by atoms with E-state index in [1.165, 1.54) is 5.69 Å². The van der Waals surface area contributed by atoms with Crippen molar-refractivity contribution in [2.45, 2.75) is 26.4 Å². The number of nitrogens with zero attached hydrogens (tertiary/aromatic N) is 3. The lowest BCUT2D eigenvalue weighted by atomic mass is 10.2. The van der Waals surface area contributed by atoms with Crippen LogP contribution in [0.5, 0.6) is 0 Å². The van der Waals surface area contributed by atoms with Crippen LogP contribution < -0.4 is 5.32 Å². The van der Waals surface area contributed by atoms with Gasteiger partial charge in [0.2, 0.25) is 0 Å². The molecule has 2 aromatic rings. The van der Waals surface area contributed by atoms with E-state index in [9.17, 15) is 0 Å². The molecule has 2 rings (SSSR count). The van der Waals surface area contributed by atoms with Crippen LogP contribution in [-0.2, 0) is 13.6 Å². The number of aromatic nitrogens is 3. The summed E-state index contributed by atoms with van der Waals surface area (Å²) in [5.41, 5.74) is 3.32. The van der Waals surface area contributed by atoms with Gasteiger partial charge in [-0.25, -0.2) is 0 Å². The third-order valence-corrected chi connectivity index (χ3v) is 3.81. The minimum atomic E-state index is 0.316. The first kappa shape index (κ1) is 13.2. The Morgan fingerprint density at radius 2 is 2.22 bits per heavy atom. The summed E-state index contributed by atoms with van der Waals surface area (Å²) in [6, 6.07) is 4.50. The summed E-state index contributed by atoms with van der Waals surface area (Å²) in [6.45, 7) is 4.89. The molecule has 0 amide bonds. The molecule has 0 aliphatic heterocycles. The fourth-order valence-electron chi connectivity index (χ4n) is 2.14. The van der Waals surface area contributed by atoms with E-state index >= 15 is 0 Å². The second kappa shape index (κ2) is 5.16. The number of aryl methyl sites for hydroxylation is 2. The third-order valence-electron chi connectivity index (χ3n) is 3.34. The average Bonchev–Trinajstić information content (AvgIpc) is 2.89. The maximum absolute atomic E-state index is 6.27. The summed E-state index contributed by atoms with van der Waals surface area (Å²) in [6.07, 6.45) is 2.08. The molecule has 2 heterocycles. The average molecular weight is 267 g/mol. The summed E-state index contributed by atoms with van der Waals surface area (Å²) in [5.74, 6) is 0. The quantitative estimate of drug-likeness (QED) is 0.923. The minimum Gasteiger partial charge on any atom is -0.345 e. The van der Waals surface area contributed by atoms with Gasteiger partial charge < -0.3 is 9.88 Å². The molecular formula is C13H19ClN4. The van der Waals surface area contributed by atoms with E-state index in [0.717, 1.165) is 17.8 Å². The molecule has 0 fully saturated rings. The van der Waals surface area contributed by atoms with Gasteiger partial charge in [0, 0.05) is 30.5 Å². The first-order chi connectivity index (χ1) is 8.54. The maximum atomic E-state index is 6.27. The molecule has 0 bridgehead atoms. The summed E-state index contributed by atoms with van der Waals surface area (Å²) >= 11 is 6.27. The Labute approximate surface area is 113 Å². The minimum absolute atomic E-state index is 0.316. The summed E-state index contributed by atoms with van der Waals surface area (Å²) in [4.78, 5) is 0. The first-order valence-corrected chi connectivity index (χ1v) is 6.42. The largest absolute Gasteiger partial charge is 0.345 e. The Bertz CT molecular complexity index is 541. The lowest BCUT2D eigenvalue weighted by molar-refractivity contribution is 0.589. The van der Waals surface area contributed by atoms with Crippen LogP contribution in [0, 0.1) is 6.92 Å². The van der Waals surface area contributed by atoms with Gasteiger partial charge in [0.25, 0.3) is 0 Å². The molecular weight excluding hydrogens is 248 g/mol. The molecule has 5 heteroatoms. The van der Waals surface area contributed by atoms with Gasteiger partial charge in [-0.1, -0.05) is 11.6 Å². The van der Waals surface area contributed by atoms with Crippen molar-refractivity contribution in [3.63, 3.8) is 0 Å². The lowest BCUT2D eigenvalue weighted by Gasteiger charge is -2.15. The number of hydrogen-bond donors (Lipinski definition) is 1. The number of nitrogens with one attached hydrogen (secondary N) is 1. The molecule has 1 atom stereocenters. The van der Waals surface area contributed by atoms with Crippen LogP contribution in [0.4, 0.5) is 0 Å². The second-order valence-electron chi connectivity index (χ2n) is 4.55. The first-order valence-electron chi connectivity index (χ1n) is 6.05. The van der Waals surface area contributed by atoms with Crippen LogP contribution in [0.2, 0.25) is 5.15 Å². The van der Waals surface area contributed by atoms with Gasteiger partial charge in [-0.15, -0.1) is 0 Å². The molecule has 2 aromatic heterocycles. The van der Waals surface area contributed by atoms with Gasteiger partial charge in [-0.05, 0) is 33.0 Å². The van der Waals surface area contributed by atoms with Crippen molar-refractivity contribution < 1.29 is 0 Å². The number of rotatable bonds is 4. The maximum Gasteiger partial charge on any atom is 0.131 e. The standard InChI is InChI=1S/C13H19ClN4/c1-9-11(13(14)17(4)16-9)8-18-7-5-6-12(18)10(2)15-3/h5-7,10,15H,8H2,1-4H3. The molecule has 18 heavy (non-hydrogen) atoms. The SMILES string of the molecule is CNC(C)c1cccn1Cc1c(C)nn(C)c1Cl. The zero-order valence-electron chi connectivity index (χ0n) is 11.2. The summed E-state index contributed by atoms with van der Waals surface area (Å²) in [5, 5.41) is 8.31. The van der Waals surface area contributed by atoms with Crippen LogP contribution in [0.25, 0.3) is 0 Å². The molecule has 0 aromatic carbocycles. The molecule has 4 nitrogen and oxygen atoms in total. The monoisotopic (exact) mass is 266 g/mol. The molecule has 1 unspecified atom stereocenters. The van der Waals surface area contributed by atoms with Crippen molar-refractivity contribution in [2.75, 3.05) is 7.05 Å². The van der Waals surface area contributed by atoms with Crippen LogP contribution >= 0.6 is 11.6 Å². The lowest BCUT2D eigenvalue weighted by Crippen LogP contribution is -2.17. The Hall–Kier alpha value is -1.26. The molecule has 0 spiro atoms. The van der Waals surface area contributed by atoms with Gasteiger partial charge >= 0.3 is 0 Å². The molecule has 0 aliphatic rings. The second-order valence-corrected chi connectivity index (χ2v) is 4.91. The number of halogens is 1. The van der Waals surface area contributed by atoms with Gasteiger partial charge in [-0.3, -0.25) is 4.68 Å². The summed E-state index contributed by atoms with van der Waals surface area (Å²) < 4.78 is 3.92. The third kappa shape index (κ3) is 2.31. The van der Waals surface area contributed by atoms with Crippen molar-refractivity contribution in [3.8, 4) is 0 Å². The van der Waals surface area contributed by atoms with Gasteiger partial charge in [-0.2, -0.15) is 5.10 Å². The molecule has 1 N–H and O–H groups in total. The van der Waals surface area contributed by atoms with Gasteiger partial charge in [0.15, 0.2) is 0 Å². The van der Waals surface area contributed by atoms with E-state index in [2.05, 4.69) is 40.2 Å². The predicted molar refractivity (Wildman–Crippen MR) is 74.0 cm³/mol. The highest BCUT2D eigenvalue weighted by atomic mass is 35.5.